The molecule has 0 aliphatic rings. The largest absolute Gasteiger partial charge is 0.354 e. The summed E-state index contributed by atoms with van der Waals surface area (Å²) in [5.74, 6) is -0.318. The Bertz CT molecular complexity index is 466. The number of hydrogen-bond acceptors (Lipinski definition) is 3. The molecule has 0 unspecified atom stereocenters. The molecule has 0 radical (unpaired) electrons. The van der Waals surface area contributed by atoms with Gasteiger partial charge in [-0.1, -0.05) is 30.3 Å². The van der Waals surface area contributed by atoms with E-state index in [-0.39, 0.29) is 23.8 Å². The highest BCUT2D eigenvalue weighted by Gasteiger charge is 2.16. The van der Waals surface area contributed by atoms with E-state index in [0.717, 1.165) is 5.56 Å². The van der Waals surface area contributed by atoms with Gasteiger partial charge in [0.15, 0.2) is 0 Å². The third-order valence-corrected chi connectivity index (χ3v) is 2.80. The van der Waals surface area contributed by atoms with Crippen molar-refractivity contribution in [1.82, 2.24) is 10.6 Å². The van der Waals surface area contributed by atoms with Crippen LogP contribution in [-0.2, 0) is 16.0 Å². The first-order chi connectivity index (χ1) is 9.78. The predicted molar refractivity (Wildman–Crippen MR) is 83.6 cm³/mol. The van der Waals surface area contributed by atoms with Crippen LogP contribution < -0.4 is 16.4 Å². The molecule has 0 aliphatic carbocycles. The Morgan fingerprint density at radius 1 is 1.19 bits per heavy atom. The standard InChI is InChI=1S/C16H25N3O2/c1-16(2,3)19-14(20)9-10-18-15(21)13(17)11-12-7-5-4-6-8-12/h4-8,13H,9-11,17H2,1-3H3,(H,18,21)(H,19,20)/t13-/m0/s1. The van der Waals surface area contributed by atoms with Gasteiger partial charge in [-0.3, -0.25) is 9.59 Å². The Kier molecular flexibility index (Phi) is 6.37. The third kappa shape index (κ3) is 7.46. The second-order valence-corrected chi connectivity index (χ2v) is 6.14. The van der Waals surface area contributed by atoms with Crippen molar-refractivity contribution in [3.8, 4) is 0 Å². The van der Waals surface area contributed by atoms with Gasteiger partial charge in [-0.25, -0.2) is 0 Å². The molecule has 0 saturated heterocycles. The Morgan fingerprint density at radius 3 is 2.38 bits per heavy atom. The van der Waals surface area contributed by atoms with Gasteiger partial charge < -0.3 is 16.4 Å². The molecule has 5 nitrogen and oxygen atoms in total. The fourth-order valence-electron chi connectivity index (χ4n) is 1.87. The van der Waals surface area contributed by atoms with Crippen LogP contribution in [0.4, 0.5) is 0 Å². The lowest BCUT2D eigenvalue weighted by Gasteiger charge is -2.20. The second kappa shape index (κ2) is 7.78. The Morgan fingerprint density at radius 2 is 1.81 bits per heavy atom. The zero-order valence-electron chi connectivity index (χ0n) is 13.0. The van der Waals surface area contributed by atoms with Gasteiger partial charge in [-0.05, 0) is 32.8 Å². The van der Waals surface area contributed by atoms with E-state index in [1.165, 1.54) is 0 Å². The summed E-state index contributed by atoms with van der Waals surface area (Å²) < 4.78 is 0. The van der Waals surface area contributed by atoms with Gasteiger partial charge in [0.2, 0.25) is 11.8 Å². The maximum atomic E-state index is 11.8. The summed E-state index contributed by atoms with van der Waals surface area (Å²) >= 11 is 0. The molecule has 0 aromatic heterocycles. The number of rotatable bonds is 6. The smallest absolute Gasteiger partial charge is 0.237 e. The van der Waals surface area contributed by atoms with Crippen molar-refractivity contribution < 1.29 is 9.59 Å². The number of amides is 2. The summed E-state index contributed by atoms with van der Waals surface area (Å²) in [6.07, 6.45) is 0.738. The zero-order valence-corrected chi connectivity index (χ0v) is 13.0. The molecular weight excluding hydrogens is 266 g/mol. The molecule has 0 heterocycles. The minimum absolute atomic E-state index is 0.0839. The summed E-state index contributed by atoms with van der Waals surface area (Å²) in [4.78, 5) is 23.5. The molecule has 1 rings (SSSR count). The van der Waals surface area contributed by atoms with Gasteiger partial charge >= 0.3 is 0 Å². The first-order valence-electron chi connectivity index (χ1n) is 7.16. The number of hydrogen-bond donors (Lipinski definition) is 3. The van der Waals surface area contributed by atoms with Gasteiger partial charge in [-0.15, -0.1) is 0 Å². The molecule has 21 heavy (non-hydrogen) atoms. The normalized spacial score (nSPS) is 12.6. The first-order valence-corrected chi connectivity index (χ1v) is 7.16. The number of carbonyl (C=O) groups excluding carboxylic acids is 2. The number of nitrogens with one attached hydrogen (secondary N) is 2. The van der Waals surface area contributed by atoms with Crippen molar-refractivity contribution >= 4 is 11.8 Å². The summed E-state index contributed by atoms with van der Waals surface area (Å²) in [5, 5.41) is 5.54. The number of nitrogens with two attached hydrogens (primary N) is 1. The highest BCUT2D eigenvalue weighted by molar-refractivity contribution is 5.83. The molecule has 1 atom stereocenters. The molecule has 0 fully saturated rings. The molecule has 1 aromatic carbocycles. The van der Waals surface area contributed by atoms with Crippen molar-refractivity contribution in [2.75, 3.05) is 6.54 Å². The maximum Gasteiger partial charge on any atom is 0.237 e. The molecule has 0 spiro atoms. The summed E-state index contributed by atoms with van der Waals surface area (Å²) in [6.45, 7) is 6.04. The summed E-state index contributed by atoms with van der Waals surface area (Å²) in [6, 6.07) is 9.02. The van der Waals surface area contributed by atoms with E-state index in [2.05, 4.69) is 10.6 Å². The lowest BCUT2D eigenvalue weighted by atomic mass is 10.1. The van der Waals surface area contributed by atoms with Crippen molar-refractivity contribution in [3.63, 3.8) is 0 Å². The molecule has 0 saturated carbocycles. The Hall–Kier alpha value is -1.88. The van der Waals surface area contributed by atoms with E-state index in [1.54, 1.807) is 0 Å². The van der Waals surface area contributed by atoms with E-state index in [4.69, 9.17) is 5.73 Å². The van der Waals surface area contributed by atoms with Crippen LogP contribution in [0.3, 0.4) is 0 Å². The van der Waals surface area contributed by atoms with E-state index in [9.17, 15) is 9.59 Å². The Balaban J connectivity index is 2.29. The summed E-state index contributed by atoms with van der Waals surface area (Å²) in [7, 11) is 0. The van der Waals surface area contributed by atoms with Crippen molar-refractivity contribution in [2.45, 2.75) is 45.2 Å². The van der Waals surface area contributed by atoms with Crippen LogP contribution in [-0.4, -0.2) is 29.9 Å². The third-order valence-electron chi connectivity index (χ3n) is 2.80. The molecule has 0 aliphatic heterocycles. The Labute approximate surface area is 126 Å². The molecule has 0 bridgehead atoms. The fraction of sp³-hybridized carbons (Fsp3) is 0.500. The van der Waals surface area contributed by atoms with Crippen molar-refractivity contribution in [2.24, 2.45) is 5.73 Å². The van der Waals surface area contributed by atoms with E-state index in [1.807, 2.05) is 51.1 Å². The minimum Gasteiger partial charge on any atom is -0.354 e. The van der Waals surface area contributed by atoms with Crippen molar-refractivity contribution in [1.29, 1.82) is 0 Å². The van der Waals surface area contributed by atoms with Crippen LogP contribution in [0.5, 0.6) is 0 Å². The summed E-state index contributed by atoms with van der Waals surface area (Å²) in [5.41, 5.74) is 6.62. The van der Waals surface area contributed by atoms with Crippen LogP contribution in [0.1, 0.15) is 32.8 Å². The van der Waals surface area contributed by atoms with Crippen LogP contribution in [0, 0.1) is 0 Å². The average Bonchev–Trinajstić information content (AvgIpc) is 2.37. The van der Waals surface area contributed by atoms with Gasteiger partial charge in [0, 0.05) is 18.5 Å². The predicted octanol–water partition coefficient (Wildman–Crippen LogP) is 0.977. The van der Waals surface area contributed by atoms with E-state index in [0.29, 0.717) is 13.0 Å². The molecule has 1 aromatic rings. The van der Waals surface area contributed by atoms with Crippen LogP contribution >= 0.6 is 0 Å². The molecular formula is C16H25N3O2. The van der Waals surface area contributed by atoms with Gasteiger partial charge in [0.05, 0.1) is 6.04 Å². The average molecular weight is 291 g/mol. The lowest BCUT2D eigenvalue weighted by molar-refractivity contribution is -0.123. The van der Waals surface area contributed by atoms with Crippen molar-refractivity contribution in [3.05, 3.63) is 35.9 Å². The quantitative estimate of drug-likeness (QED) is 0.730. The fourth-order valence-corrected chi connectivity index (χ4v) is 1.87. The van der Waals surface area contributed by atoms with Crippen LogP contribution in [0.25, 0.3) is 0 Å². The number of benzene rings is 1. The van der Waals surface area contributed by atoms with E-state index < -0.39 is 6.04 Å². The monoisotopic (exact) mass is 291 g/mol. The van der Waals surface area contributed by atoms with E-state index >= 15 is 0 Å². The molecule has 2 amide bonds. The minimum atomic E-state index is -0.599. The van der Waals surface area contributed by atoms with Crippen LogP contribution in [0.15, 0.2) is 30.3 Å². The molecule has 5 heteroatoms. The topological polar surface area (TPSA) is 84.2 Å². The number of carbonyl (C=O) groups is 2. The SMILES string of the molecule is CC(C)(C)NC(=O)CCNC(=O)[C@@H](N)Cc1ccccc1. The van der Waals surface area contributed by atoms with Gasteiger partial charge in [0.25, 0.3) is 0 Å². The highest BCUT2D eigenvalue weighted by Crippen LogP contribution is 2.02. The second-order valence-electron chi connectivity index (χ2n) is 6.14. The van der Waals surface area contributed by atoms with Crippen LogP contribution in [0.2, 0.25) is 0 Å². The lowest BCUT2D eigenvalue weighted by Crippen LogP contribution is -2.45. The molecule has 116 valence electrons. The van der Waals surface area contributed by atoms with Gasteiger partial charge in [-0.2, -0.15) is 0 Å². The van der Waals surface area contributed by atoms with Gasteiger partial charge in [0.1, 0.15) is 0 Å². The maximum absolute atomic E-state index is 11.8. The first kappa shape index (κ1) is 17.2. The highest BCUT2D eigenvalue weighted by atomic mass is 16.2. The zero-order chi connectivity index (χ0) is 15.9. The molecule has 4 N–H and O–H groups in total.